The number of carbonyl (C=O) groups is 1. The van der Waals surface area contributed by atoms with Crippen molar-refractivity contribution in [2.75, 3.05) is 19.3 Å². The molecule has 0 bridgehead atoms. The maximum absolute atomic E-state index is 12.4. The van der Waals surface area contributed by atoms with Crippen LogP contribution in [0.4, 0.5) is 0 Å². The van der Waals surface area contributed by atoms with Crippen LogP contribution in [-0.2, 0) is 14.8 Å². The summed E-state index contributed by atoms with van der Waals surface area (Å²) < 4.78 is 24.5. The highest BCUT2D eigenvalue weighted by Gasteiger charge is 2.29. The molecule has 1 N–H and O–H groups in total. The molecule has 1 saturated heterocycles. The zero-order valence-corrected chi connectivity index (χ0v) is 15.1. The average molecular weight is 338 g/mol. The Morgan fingerprint density at radius 1 is 1.26 bits per heavy atom. The predicted octanol–water partition coefficient (Wildman–Crippen LogP) is 2.15. The number of amides is 1. The number of rotatable bonds is 4. The molecule has 1 aliphatic heterocycles. The molecule has 5 nitrogen and oxygen atoms in total. The largest absolute Gasteiger partial charge is 0.349 e. The lowest BCUT2D eigenvalue weighted by Crippen LogP contribution is -2.43. The normalized spacial score (nSPS) is 18.6. The second-order valence-electron chi connectivity index (χ2n) is 6.53. The van der Waals surface area contributed by atoms with Gasteiger partial charge in [0.25, 0.3) is 0 Å². The Balaban J connectivity index is 1.95. The summed E-state index contributed by atoms with van der Waals surface area (Å²) in [6.07, 6.45) is 2.38. The Bertz CT molecular complexity index is 677. The minimum Gasteiger partial charge on any atom is -0.349 e. The van der Waals surface area contributed by atoms with Gasteiger partial charge in [-0.15, -0.1) is 0 Å². The van der Waals surface area contributed by atoms with Crippen LogP contribution in [0.25, 0.3) is 0 Å². The van der Waals surface area contributed by atoms with E-state index in [1.54, 1.807) is 0 Å². The summed E-state index contributed by atoms with van der Waals surface area (Å²) in [5.41, 5.74) is 3.50. The predicted molar refractivity (Wildman–Crippen MR) is 91.6 cm³/mol. The van der Waals surface area contributed by atoms with Gasteiger partial charge in [0.1, 0.15) is 0 Å². The molecule has 128 valence electrons. The van der Waals surface area contributed by atoms with Crippen LogP contribution < -0.4 is 5.32 Å². The van der Waals surface area contributed by atoms with E-state index in [-0.39, 0.29) is 17.9 Å². The fourth-order valence-electron chi connectivity index (χ4n) is 3.17. The van der Waals surface area contributed by atoms with Gasteiger partial charge in [-0.05, 0) is 44.7 Å². The fraction of sp³-hybridized carbons (Fsp3) is 0.588. The van der Waals surface area contributed by atoms with Crippen LogP contribution in [0.1, 0.15) is 42.5 Å². The lowest BCUT2D eigenvalue weighted by molar-refractivity contribution is -0.126. The standard InChI is InChI=1S/C17H26N2O3S/c1-12-5-6-16(13(2)11-12)14(3)18-17(20)15-7-9-19(10-8-15)23(4,21)22/h5-6,11,14-15H,7-10H2,1-4H3,(H,18,20)/t14-/m0/s1. The molecule has 0 radical (unpaired) electrons. The summed E-state index contributed by atoms with van der Waals surface area (Å²) >= 11 is 0. The van der Waals surface area contributed by atoms with E-state index in [0.29, 0.717) is 25.9 Å². The second-order valence-corrected chi connectivity index (χ2v) is 8.51. The first kappa shape index (κ1) is 17.9. The molecule has 1 aliphatic rings. The number of hydrogen-bond acceptors (Lipinski definition) is 3. The maximum Gasteiger partial charge on any atom is 0.223 e. The summed E-state index contributed by atoms with van der Waals surface area (Å²) in [4.78, 5) is 12.4. The van der Waals surface area contributed by atoms with E-state index in [4.69, 9.17) is 0 Å². The van der Waals surface area contributed by atoms with E-state index in [2.05, 4.69) is 37.4 Å². The zero-order chi connectivity index (χ0) is 17.2. The SMILES string of the molecule is Cc1ccc([C@H](C)NC(=O)C2CCN(S(C)(=O)=O)CC2)c(C)c1. The molecule has 1 amide bonds. The van der Waals surface area contributed by atoms with E-state index in [0.717, 1.165) is 5.56 Å². The maximum atomic E-state index is 12.4. The van der Waals surface area contributed by atoms with E-state index in [1.165, 1.54) is 21.7 Å². The summed E-state index contributed by atoms with van der Waals surface area (Å²) in [5, 5.41) is 3.07. The van der Waals surface area contributed by atoms with Crippen molar-refractivity contribution in [3.05, 3.63) is 34.9 Å². The Kier molecular flexibility index (Phi) is 5.47. The summed E-state index contributed by atoms with van der Waals surface area (Å²) in [6, 6.07) is 6.18. The lowest BCUT2D eigenvalue weighted by Gasteiger charge is -2.30. The van der Waals surface area contributed by atoms with Gasteiger partial charge in [0.2, 0.25) is 15.9 Å². The van der Waals surface area contributed by atoms with Gasteiger partial charge in [0, 0.05) is 19.0 Å². The quantitative estimate of drug-likeness (QED) is 0.915. The molecule has 1 heterocycles. The number of aryl methyl sites for hydroxylation is 2. The van der Waals surface area contributed by atoms with Gasteiger partial charge in [-0.3, -0.25) is 4.79 Å². The van der Waals surface area contributed by atoms with Gasteiger partial charge < -0.3 is 5.32 Å². The zero-order valence-electron chi connectivity index (χ0n) is 14.3. The highest BCUT2D eigenvalue weighted by Crippen LogP contribution is 2.22. The van der Waals surface area contributed by atoms with Crippen molar-refractivity contribution >= 4 is 15.9 Å². The van der Waals surface area contributed by atoms with Crippen molar-refractivity contribution in [1.82, 2.24) is 9.62 Å². The molecule has 6 heteroatoms. The summed E-state index contributed by atoms with van der Waals surface area (Å²) in [7, 11) is -3.15. The summed E-state index contributed by atoms with van der Waals surface area (Å²) in [6.45, 7) is 6.94. The van der Waals surface area contributed by atoms with Crippen molar-refractivity contribution in [3.63, 3.8) is 0 Å². The Morgan fingerprint density at radius 3 is 2.39 bits per heavy atom. The van der Waals surface area contributed by atoms with E-state index in [1.807, 2.05) is 6.92 Å². The smallest absolute Gasteiger partial charge is 0.223 e. The Labute approximate surface area is 139 Å². The first-order valence-corrected chi connectivity index (χ1v) is 9.86. The molecular formula is C17H26N2O3S. The van der Waals surface area contributed by atoms with Gasteiger partial charge >= 0.3 is 0 Å². The third-order valence-electron chi connectivity index (χ3n) is 4.54. The highest BCUT2D eigenvalue weighted by molar-refractivity contribution is 7.88. The number of benzene rings is 1. The topological polar surface area (TPSA) is 66.5 Å². The van der Waals surface area contributed by atoms with Gasteiger partial charge in [0.05, 0.1) is 12.3 Å². The third kappa shape index (κ3) is 4.54. The Hall–Kier alpha value is -1.40. The Morgan fingerprint density at radius 2 is 1.87 bits per heavy atom. The van der Waals surface area contributed by atoms with Crippen LogP contribution in [0.15, 0.2) is 18.2 Å². The minimum absolute atomic E-state index is 0.0191. The number of hydrogen-bond donors (Lipinski definition) is 1. The summed E-state index contributed by atoms with van der Waals surface area (Å²) in [5.74, 6) is -0.0909. The van der Waals surface area contributed by atoms with E-state index >= 15 is 0 Å². The monoisotopic (exact) mass is 338 g/mol. The molecular weight excluding hydrogens is 312 g/mol. The number of nitrogens with one attached hydrogen (secondary N) is 1. The van der Waals surface area contributed by atoms with Crippen molar-refractivity contribution < 1.29 is 13.2 Å². The van der Waals surface area contributed by atoms with Crippen LogP contribution in [0, 0.1) is 19.8 Å². The molecule has 1 aromatic rings. The molecule has 2 rings (SSSR count). The molecule has 0 saturated carbocycles. The molecule has 1 aromatic carbocycles. The molecule has 0 unspecified atom stereocenters. The van der Waals surface area contributed by atoms with Crippen molar-refractivity contribution in [2.24, 2.45) is 5.92 Å². The number of carbonyl (C=O) groups excluding carboxylic acids is 1. The molecule has 0 aromatic heterocycles. The first-order valence-electron chi connectivity index (χ1n) is 8.01. The minimum atomic E-state index is -3.15. The molecule has 23 heavy (non-hydrogen) atoms. The number of sulfonamides is 1. The number of piperidine rings is 1. The molecule has 0 aliphatic carbocycles. The van der Waals surface area contributed by atoms with Crippen molar-refractivity contribution in [3.8, 4) is 0 Å². The average Bonchev–Trinajstić information content (AvgIpc) is 2.46. The van der Waals surface area contributed by atoms with Crippen LogP contribution >= 0.6 is 0 Å². The molecule has 1 fully saturated rings. The first-order chi connectivity index (χ1) is 10.7. The third-order valence-corrected chi connectivity index (χ3v) is 5.85. The lowest BCUT2D eigenvalue weighted by atomic mass is 9.95. The van der Waals surface area contributed by atoms with Crippen LogP contribution in [0.5, 0.6) is 0 Å². The van der Waals surface area contributed by atoms with Gasteiger partial charge in [-0.1, -0.05) is 23.8 Å². The molecule has 1 atom stereocenters. The van der Waals surface area contributed by atoms with Gasteiger partial charge in [-0.2, -0.15) is 0 Å². The number of nitrogens with zero attached hydrogens (tertiary/aromatic N) is 1. The molecule has 0 spiro atoms. The van der Waals surface area contributed by atoms with Gasteiger partial charge in [-0.25, -0.2) is 12.7 Å². The van der Waals surface area contributed by atoms with Crippen LogP contribution in [0.2, 0.25) is 0 Å². The van der Waals surface area contributed by atoms with Gasteiger partial charge in [0.15, 0.2) is 0 Å². The fourth-order valence-corrected chi connectivity index (χ4v) is 4.04. The highest BCUT2D eigenvalue weighted by atomic mass is 32.2. The van der Waals surface area contributed by atoms with E-state index in [9.17, 15) is 13.2 Å². The van der Waals surface area contributed by atoms with Crippen LogP contribution in [-0.4, -0.2) is 38.0 Å². The van der Waals surface area contributed by atoms with Crippen LogP contribution in [0.3, 0.4) is 0 Å². The van der Waals surface area contributed by atoms with E-state index < -0.39 is 10.0 Å². The van der Waals surface area contributed by atoms with Crippen molar-refractivity contribution in [1.29, 1.82) is 0 Å². The second kappa shape index (κ2) is 7.01. The van der Waals surface area contributed by atoms with Crippen molar-refractivity contribution in [2.45, 2.75) is 39.7 Å².